The van der Waals surface area contributed by atoms with Gasteiger partial charge < -0.3 is 11.1 Å². The average molecular weight is 491 g/mol. The Kier molecular flexibility index (Phi) is 6.59. The molecule has 0 bridgehead atoms. The molecule has 7 heteroatoms. The second-order valence-electron chi connectivity index (χ2n) is 8.19. The van der Waals surface area contributed by atoms with Crippen molar-refractivity contribution in [3.63, 3.8) is 0 Å². The van der Waals surface area contributed by atoms with E-state index in [-0.39, 0.29) is 26.1 Å². The second kappa shape index (κ2) is 9.44. The fraction of sp³-hybridized carbons (Fsp3) is 0.148. The van der Waals surface area contributed by atoms with Crippen LogP contribution in [0.4, 0.5) is 16.4 Å². The highest BCUT2D eigenvalue weighted by atomic mass is 32.2. The summed E-state index contributed by atoms with van der Waals surface area (Å²) in [6, 6.07) is 21.5. The largest absolute Gasteiger partial charge is 0.396 e. The highest BCUT2D eigenvalue weighted by Crippen LogP contribution is 2.44. The highest BCUT2D eigenvalue weighted by Gasteiger charge is 2.31. The van der Waals surface area contributed by atoms with Gasteiger partial charge in [-0.15, -0.1) is 11.3 Å². The van der Waals surface area contributed by atoms with Crippen molar-refractivity contribution in [1.29, 1.82) is 0 Å². The van der Waals surface area contributed by atoms with Gasteiger partial charge in [-0.3, -0.25) is 4.79 Å². The third-order valence-electron chi connectivity index (χ3n) is 5.64. The molecule has 3 aromatic carbocycles. The topological polar surface area (TPSA) is 89.3 Å². The smallest absolute Gasteiger partial charge is 0.211 e. The number of hydrogen-bond acceptors (Lipinski definition) is 6. The Morgan fingerprint density at radius 3 is 2.00 bits per heavy atom. The van der Waals surface area contributed by atoms with Crippen molar-refractivity contribution in [3.8, 4) is 0 Å². The summed E-state index contributed by atoms with van der Waals surface area (Å²) in [6.07, 6.45) is 0.897. The molecule has 0 radical (unpaired) electrons. The van der Waals surface area contributed by atoms with Crippen LogP contribution in [0.3, 0.4) is 0 Å². The van der Waals surface area contributed by atoms with Gasteiger partial charge in [0.2, 0.25) is 15.6 Å². The summed E-state index contributed by atoms with van der Waals surface area (Å²) < 4.78 is 27.3. The standard InChI is InChI=1S/C27H26N2O3S2/c1-4-19-9-13-21(14-10-19)29-27-26(34(31,32)22-15-7-18(3)8-16-22)23(28)25(33-27)24(30)20-11-5-17(2)6-12-20/h5-16,29H,4,28H2,1-3H3. The molecule has 1 aromatic heterocycles. The Morgan fingerprint density at radius 2 is 1.44 bits per heavy atom. The van der Waals surface area contributed by atoms with E-state index in [2.05, 4.69) is 12.2 Å². The number of nitrogen functional groups attached to an aromatic ring is 1. The number of nitrogens with one attached hydrogen (secondary N) is 1. The number of carbonyl (C=O) groups excluding carboxylic acids is 1. The minimum atomic E-state index is -3.98. The number of ketones is 1. The van der Waals surface area contributed by atoms with E-state index in [1.165, 1.54) is 5.56 Å². The molecule has 5 nitrogen and oxygen atoms in total. The molecular formula is C27H26N2O3S2. The molecule has 0 saturated heterocycles. The summed E-state index contributed by atoms with van der Waals surface area (Å²) in [6.45, 7) is 5.89. The Hall–Kier alpha value is -3.42. The fourth-order valence-corrected chi connectivity index (χ4v) is 6.51. The van der Waals surface area contributed by atoms with Gasteiger partial charge in [0, 0.05) is 11.3 Å². The minimum Gasteiger partial charge on any atom is -0.396 e. The van der Waals surface area contributed by atoms with E-state index in [1.54, 1.807) is 36.4 Å². The molecule has 34 heavy (non-hydrogen) atoms. The molecule has 4 aromatic rings. The van der Waals surface area contributed by atoms with Crippen molar-refractivity contribution in [2.24, 2.45) is 0 Å². The molecule has 0 fully saturated rings. The number of carbonyl (C=O) groups is 1. The van der Waals surface area contributed by atoms with E-state index in [0.29, 0.717) is 16.3 Å². The number of thiophene rings is 1. The molecule has 1 heterocycles. The summed E-state index contributed by atoms with van der Waals surface area (Å²) in [7, 11) is -3.98. The molecule has 4 rings (SSSR count). The van der Waals surface area contributed by atoms with Crippen molar-refractivity contribution in [3.05, 3.63) is 99.9 Å². The molecule has 0 saturated carbocycles. The Labute approximate surface area is 204 Å². The summed E-state index contributed by atoms with van der Waals surface area (Å²) in [4.78, 5) is 13.5. The third-order valence-corrected chi connectivity index (χ3v) is 8.74. The third kappa shape index (κ3) is 4.62. The van der Waals surface area contributed by atoms with Gasteiger partial charge in [-0.25, -0.2) is 8.42 Å². The molecule has 3 N–H and O–H groups in total. The number of rotatable bonds is 7. The Balaban J connectivity index is 1.85. The van der Waals surface area contributed by atoms with Gasteiger partial charge in [-0.1, -0.05) is 66.6 Å². The van der Waals surface area contributed by atoms with Crippen LogP contribution in [0.2, 0.25) is 0 Å². The first-order valence-corrected chi connectivity index (χ1v) is 13.2. The summed E-state index contributed by atoms with van der Waals surface area (Å²) in [5, 5.41) is 3.51. The van der Waals surface area contributed by atoms with Crippen molar-refractivity contribution in [1.82, 2.24) is 0 Å². The normalized spacial score (nSPS) is 11.4. The van der Waals surface area contributed by atoms with Crippen LogP contribution in [-0.2, 0) is 16.3 Å². The lowest BCUT2D eigenvalue weighted by molar-refractivity contribution is 0.104. The maximum Gasteiger partial charge on any atom is 0.211 e. The number of hydrogen-bond donors (Lipinski definition) is 2. The van der Waals surface area contributed by atoms with Crippen molar-refractivity contribution < 1.29 is 13.2 Å². The van der Waals surface area contributed by atoms with Crippen LogP contribution in [-0.4, -0.2) is 14.2 Å². The van der Waals surface area contributed by atoms with Gasteiger partial charge in [-0.05, 0) is 50.1 Å². The first-order chi connectivity index (χ1) is 16.2. The number of sulfone groups is 1. The fourth-order valence-electron chi connectivity index (χ4n) is 3.57. The van der Waals surface area contributed by atoms with Crippen LogP contribution < -0.4 is 11.1 Å². The molecule has 0 atom stereocenters. The molecule has 0 amide bonds. The van der Waals surface area contributed by atoms with Gasteiger partial charge in [0.05, 0.1) is 10.6 Å². The van der Waals surface area contributed by atoms with Crippen molar-refractivity contribution in [2.45, 2.75) is 37.0 Å². The first-order valence-electron chi connectivity index (χ1n) is 10.9. The monoisotopic (exact) mass is 490 g/mol. The molecule has 0 aliphatic heterocycles. The highest BCUT2D eigenvalue weighted by molar-refractivity contribution is 7.92. The zero-order valence-corrected chi connectivity index (χ0v) is 20.9. The lowest BCUT2D eigenvalue weighted by atomic mass is 10.1. The SMILES string of the molecule is CCc1ccc(Nc2sc(C(=O)c3ccc(C)cc3)c(N)c2S(=O)(=O)c2ccc(C)cc2)cc1. The van der Waals surface area contributed by atoms with Crippen molar-refractivity contribution in [2.75, 3.05) is 11.1 Å². The van der Waals surface area contributed by atoms with Crippen LogP contribution in [0.1, 0.15) is 38.8 Å². The maximum atomic E-state index is 13.7. The van der Waals surface area contributed by atoms with Crippen LogP contribution in [0, 0.1) is 13.8 Å². The first kappa shape index (κ1) is 23.7. The lowest BCUT2D eigenvalue weighted by Gasteiger charge is -2.10. The van der Waals surface area contributed by atoms with Gasteiger partial charge >= 0.3 is 0 Å². The van der Waals surface area contributed by atoms with Gasteiger partial charge in [-0.2, -0.15) is 0 Å². The molecule has 0 aliphatic carbocycles. The molecule has 0 unspecified atom stereocenters. The summed E-state index contributed by atoms with van der Waals surface area (Å²) >= 11 is 1.06. The molecular weight excluding hydrogens is 464 g/mol. The van der Waals surface area contributed by atoms with Gasteiger partial charge in [0.25, 0.3) is 0 Å². The van der Waals surface area contributed by atoms with E-state index in [9.17, 15) is 13.2 Å². The van der Waals surface area contributed by atoms with Crippen LogP contribution >= 0.6 is 11.3 Å². The number of nitrogens with two attached hydrogens (primary N) is 1. The van der Waals surface area contributed by atoms with E-state index in [1.807, 2.05) is 50.2 Å². The van der Waals surface area contributed by atoms with Gasteiger partial charge in [0.1, 0.15) is 14.8 Å². The number of aryl methyl sites for hydroxylation is 3. The van der Waals surface area contributed by atoms with E-state index in [4.69, 9.17) is 5.73 Å². The zero-order valence-electron chi connectivity index (χ0n) is 19.3. The minimum absolute atomic E-state index is 0.0381. The van der Waals surface area contributed by atoms with Gasteiger partial charge in [0.15, 0.2) is 0 Å². The summed E-state index contributed by atoms with van der Waals surface area (Å²) in [5.41, 5.74) is 10.7. The molecule has 0 aliphatic rings. The van der Waals surface area contributed by atoms with Crippen molar-refractivity contribution >= 4 is 43.3 Å². The quantitative estimate of drug-likeness (QED) is 0.296. The lowest BCUT2D eigenvalue weighted by Crippen LogP contribution is -2.08. The zero-order chi connectivity index (χ0) is 24.5. The van der Waals surface area contributed by atoms with E-state index in [0.717, 1.165) is 28.9 Å². The second-order valence-corrected chi connectivity index (χ2v) is 11.1. The van der Waals surface area contributed by atoms with Crippen LogP contribution in [0.5, 0.6) is 0 Å². The predicted octanol–water partition coefficient (Wildman–Crippen LogP) is 6.32. The Bertz CT molecular complexity index is 1440. The average Bonchev–Trinajstić information content (AvgIpc) is 3.16. The number of benzene rings is 3. The molecule has 174 valence electrons. The van der Waals surface area contributed by atoms with E-state index < -0.39 is 9.84 Å². The number of anilines is 3. The predicted molar refractivity (Wildman–Crippen MR) is 139 cm³/mol. The van der Waals surface area contributed by atoms with Crippen LogP contribution in [0.15, 0.2) is 82.6 Å². The Morgan fingerprint density at radius 1 is 0.882 bits per heavy atom. The van der Waals surface area contributed by atoms with E-state index >= 15 is 0 Å². The summed E-state index contributed by atoms with van der Waals surface area (Å²) in [5.74, 6) is -0.308. The molecule has 0 spiro atoms. The van der Waals surface area contributed by atoms with Crippen LogP contribution in [0.25, 0.3) is 0 Å². The maximum absolute atomic E-state index is 13.7.